The second kappa shape index (κ2) is 6.68. The van der Waals surface area contributed by atoms with Gasteiger partial charge in [0, 0.05) is 38.0 Å². The molecule has 3 heterocycles. The molecule has 2 aromatic heterocycles. The Labute approximate surface area is 134 Å². The number of rotatable bonds is 6. The molecular weight excluding hydrogens is 298 g/mol. The molecule has 0 N–H and O–H groups in total. The summed E-state index contributed by atoms with van der Waals surface area (Å²) < 4.78 is 7.56. The van der Waals surface area contributed by atoms with Gasteiger partial charge in [-0.3, -0.25) is 9.58 Å². The van der Waals surface area contributed by atoms with Crippen LogP contribution in [0.3, 0.4) is 0 Å². The Morgan fingerprint density at radius 1 is 1.55 bits per heavy atom. The van der Waals surface area contributed by atoms with E-state index >= 15 is 0 Å². The summed E-state index contributed by atoms with van der Waals surface area (Å²) in [6.45, 7) is 9.56. The lowest BCUT2D eigenvalue weighted by Crippen LogP contribution is -2.36. The molecular formula is C15H21N5OS. The van der Waals surface area contributed by atoms with Crippen LogP contribution in [0.15, 0.2) is 18.0 Å². The Morgan fingerprint density at radius 2 is 2.41 bits per heavy atom. The molecule has 0 unspecified atom stereocenters. The van der Waals surface area contributed by atoms with Crippen LogP contribution in [0.5, 0.6) is 0 Å². The van der Waals surface area contributed by atoms with Crippen LogP contribution in [0, 0.1) is 6.92 Å². The summed E-state index contributed by atoms with van der Waals surface area (Å²) in [5.41, 5.74) is 3.36. The monoisotopic (exact) mass is 319 g/mol. The number of thiazole rings is 1. The van der Waals surface area contributed by atoms with E-state index in [9.17, 15) is 0 Å². The van der Waals surface area contributed by atoms with Crippen LogP contribution in [0.2, 0.25) is 0 Å². The molecule has 7 heteroatoms. The van der Waals surface area contributed by atoms with Crippen LogP contribution >= 0.6 is 11.3 Å². The molecule has 118 valence electrons. The molecule has 0 bridgehead atoms. The number of hydrogen-bond acceptors (Lipinski definition) is 6. The number of fused-ring (bicyclic) bond motifs is 1. The lowest BCUT2D eigenvalue weighted by Gasteiger charge is -2.31. The van der Waals surface area contributed by atoms with Crippen molar-refractivity contribution in [1.29, 1.82) is 0 Å². The summed E-state index contributed by atoms with van der Waals surface area (Å²) >= 11 is 1.69. The summed E-state index contributed by atoms with van der Waals surface area (Å²) in [5, 5.41) is 11.7. The van der Waals surface area contributed by atoms with Crippen LogP contribution in [0.25, 0.3) is 0 Å². The minimum Gasteiger partial charge on any atom is -0.377 e. The number of aromatic nitrogens is 4. The third-order valence-corrected chi connectivity index (χ3v) is 4.61. The van der Waals surface area contributed by atoms with Gasteiger partial charge < -0.3 is 4.74 Å². The van der Waals surface area contributed by atoms with Gasteiger partial charge in [0.25, 0.3) is 0 Å². The molecule has 22 heavy (non-hydrogen) atoms. The largest absolute Gasteiger partial charge is 0.377 e. The topological polar surface area (TPSA) is 56.1 Å². The fourth-order valence-corrected chi connectivity index (χ4v) is 3.55. The van der Waals surface area contributed by atoms with Crippen LogP contribution in [0.1, 0.15) is 28.0 Å². The van der Waals surface area contributed by atoms with Crippen molar-refractivity contribution in [3.63, 3.8) is 0 Å². The van der Waals surface area contributed by atoms with Gasteiger partial charge in [-0.1, -0.05) is 11.3 Å². The molecule has 0 fully saturated rings. The first-order valence-electron chi connectivity index (χ1n) is 7.37. The lowest BCUT2D eigenvalue weighted by molar-refractivity contribution is 0.111. The molecule has 0 aliphatic carbocycles. The summed E-state index contributed by atoms with van der Waals surface area (Å²) in [7, 11) is 1.95. The summed E-state index contributed by atoms with van der Waals surface area (Å²) in [4.78, 5) is 6.93. The van der Waals surface area contributed by atoms with Crippen molar-refractivity contribution in [3.05, 3.63) is 40.1 Å². The Hall–Kier alpha value is -1.57. The maximum Gasteiger partial charge on any atom is 0.100 e. The number of ether oxygens (including phenoxy) is 1. The maximum atomic E-state index is 5.68. The van der Waals surface area contributed by atoms with Crippen molar-refractivity contribution in [2.24, 2.45) is 7.05 Å². The molecule has 6 nitrogen and oxygen atoms in total. The van der Waals surface area contributed by atoms with Gasteiger partial charge in [0.1, 0.15) is 5.69 Å². The molecule has 0 saturated carbocycles. The minimum absolute atomic E-state index is 0.281. The zero-order valence-electron chi connectivity index (χ0n) is 13.0. The summed E-state index contributed by atoms with van der Waals surface area (Å²) in [5.74, 6) is 0.281. The van der Waals surface area contributed by atoms with Gasteiger partial charge in [-0.15, -0.1) is 23.0 Å². The predicted molar refractivity (Wildman–Crippen MR) is 85.7 cm³/mol. The van der Waals surface area contributed by atoms with Crippen molar-refractivity contribution in [3.8, 4) is 0 Å². The van der Waals surface area contributed by atoms with Crippen molar-refractivity contribution < 1.29 is 4.74 Å². The molecule has 0 saturated heterocycles. The minimum atomic E-state index is 0.281. The van der Waals surface area contributed by atoms with E-state index in [1.807, 2.05) is 18.7 Å². The number of nitrogens with zero attached hydrogens (tertiary/aromatic N) is 5. The van der Waals surface area contributed by atoms with Crippen molar-refractivity contribution in [1.82, 2.24) is 24.9 Å². The van der Waals surface area contributed by atoms with Gasteiger partial charge in [-0.05, 0) is 6.92 Å². The predicted octanol–water partition coefficient (Wildman–Crippen LogP) is 1.88. The molecule has 1 aliphatic heterocycles. The highest BCUT2D eigenvalue weighted by Crippen LogP contribution is 2.28. The SMILES string of the molecule is C=CCOC[C@@H]1CN(Cc2csc(C)n2)Cc2nnn(C)c21. The second-order valence-electron chi connectivity index (χ2n) is 5.60. The van der Waals surface area contributed by atoms with E-state index in [0.717, 1.165) is 36.0 Å². The normalized spacial score (nSPS) is 18.4. The lowest BCUT2D eigenvalue weighted by atomic mass is 9.99. The molecule has 2 aromatic rings. The average Bonchev–Trinajstić information content (AvgIpc) is 3.06. The van der Waals surface area contributed by atoms with Crippen molar-refractivity contribution in [2.45, 2.75) is 25.9 Å². The van der Waals surface area contributed by atoms with E-state index in [1.165, 1.54) is 5.69 Å². The number of hydrogen-bond donors (Lipinski definition) is 0. The van der Waals surface area contributed by atoms with Crippen molar-refractivity contribution >= 4 is 11.3 Å². The Morgan fingerprint density at radius 3 is 3.14 bits per heavy atom. The molecule has 0 spiro atoms. The van der Waals surface area contributed by atoms with Gasteiger partial charge in [0.2, 0.25) is 0 Å². The third-order valence-electron chi connectivity index (χ3n) is 3.79. The quantitative estimate of drug-likeness (QED) is 0.601. The van der Waals surface area contributed by atoms with E-state index in [-0.39, 0.29) is 5.92 Å². The van der Waals surface area contributed by atoms with E-state index in [4.69, 9.17) is 4.74 Å². The zero-order valence-corrected chi connectivity index (χ0v) is 13.8. The summed E-state index contributed by atoms with van der Waals surface area (Å²) in [6.07, 6.45) is 1.78. The molecule has 3 rings (SSSR count). The van der Waals surface area contributed by atoms with Crippen LogP contribution in [-0.2, 0) is 24.9 Å². The molecule has 1 aliphatic rings. The standard InChI is InChI=1S/C15H21N5OS/c1-4-5-21-9-12-6-20(7-13-10-22-11(2)16-13)8-14-15(12)19(3)18-17-14/h4,10,12H,1,5-9H2,2-3H3/t12-/m0/s1. The molecule has 0 amide bonds. The zero-order chi connectivity index (χ0) is 15.5. The van der Waals surface area contributed by atoms with E-state index in [1.54, 1.807) is 17.4 Å². The highest BCUT2D eigenvalue weighted by Gasteiger charge is 2.30. The molecule has 1 atom stereocenters. The van der Waals surface area contributed by atoms with Gasteiger partial charge in [-0.2, -0.15) is 0 Å². The van der Waals surface area contributed by atoms with Gasteiger partial charge in [-0.25, -0.2) is 4.98 Å². The Balaban J connectivity index is 1.74. The Kier molecular flexibility index (Phi) is 4.66. The van der Waals surface area contributed by atoms with Crippen LogP contribution in [-0.4, -0.2) is 44.6 Å². The van der Waals surface area contributed by atoms with Crippen LogP contribution < -0.4 is 0 Å². The smallest absolute Gasteiger partial charge is 0.100 e. The molecule has 0 aromatic carbocycles. The highest BCUT2D eigenvalue weighted by molar-refractivity contribution is 7.09. The third kappa shape index (κ3) is 3.26. The first-order chi connectivity index (χ1) is 10.7. The summed E-state index contributed by atoms with van der Waals surface area (Å²) in [6, 6.07) is 0. The van der Waals surface area contributed by atoms with E-state index in [2.05, 4.69) is 32.2 Å². The fourth-order valence-electron chi connectivity index (χ4n) is 2.95. The van der Waals surface area contributed by atoms with Gasteiger partial charge >= 0.3 is 0 Å². The van der Waals surface area contributed by atoms with Crippen molar-refractivity contribution in [2.75, 3.05) is 19.8 Å². The average molecular weight is 319 g/mol. The van der Waals surface area contributed by atoms with Crippen LogP contribution in [0.4, 0.5) is 0 Å². The second-order valence-corrected chi connectivity index (χ2v) is 6.66. The highest BCUT2D eigenvalue weighted by atomic mass is 32.1. The fraction of sp³-hybridized carbons (Fsp3) is 0.533. The van der Waals surface area contributed by atoms with E-state index < -0.39 is 0 Å². The Bertz CT molecular complexity index is 650. The number of aryl methyl sites for hydroxylation is 2. The maximum absolute atomic E-state index is 5.68. The van der Waals surface area contributed by atoms with Gasteiger partial charge in [0.05, 0.1) is 29.6 Å². The molecule has 0 radical (unpaired) electrons. The first-order valence-corrected chi connectivity index (χ1v) is 8.25. The first kappa shape index (κ1) is 15.3. The van der Waals surface area contributed by atoms with E-state index in [0.29, 0.717) is 13.2 Å². The van der Waals surface area contributed by atoms with Gasteiger partial charge in [0.15, 0.2) is 0 Å².